The Morgan fingerprint density at radius 2 is 2.21 bits per heavy atom. The number of thiazole rings is 1. The van der Waals surface area contributed by atoms with E-state index in [2.05, 4.69) is 10.1 Å². The fourth-order valence-corrected chi connectivity index (χ4v) is 1.86. The van der Waals surface area contributed by atoms with Crippen molar-refractivity contribution in [1.82, 2.24) is 4.98 Å². The van der Waals surface area contributed by atoms with E-state index in [1.807, 2.05) is 0 Å². The summed E-state index contributed by atoms with van der Waals surface area (Å²) in [7, 11) is 0. The molecule has 1 aromatic heterocycles. The molecule has 98 valence electrons. The number of hydrogen-bond donors (Lipinski definition) is 2. The highest BCUT2D eigenvalue weighted by atomic mass is 32.1. The van der Waals surface area contributed by atoms with Crippen LogP contribution in [0.3, 0.4) is 0 Å². The number of aromatic hydroxyl groups is 1. The summed E-state index contributed by atoms with van der Waals surface area (Å²) in [5, 5.41) is 14.8. The van der Waals surface area contributed by atoms with E-state index in [-0.39, 0.29) is 18.1 Å². The van der Waals surface area contributed by atoms with Crippen LogP contribution in [0.2, 0.25) is 0 Å². The summed E-state index contributed by atoms with van der Waals surface area (Å²) in [6, 6.07) is 6.49. The third-order valence-corrected chi connectivity index (χ3v) is 2.90. The number of nitrogens with zero attached hydrogens (tertiary/aromatic N) is 2. The van der Waals surface area contributed by atoms with Gasteiger partial charge in [0.25, 0.3) is 0 Å². The van der Waals surface area contributed by atoms with Crippen LogP contribution in [0, 0.1) is 0 Å². The minimum atomic E-state index is 0.0896. The Labute approximate surface area is 113 Å². The van der Waals surface area contributed by atoms with Gasteiger partial charge in [-0.15, -0.1) is 11.3 Å². The lowest BCUT2D eigenvalue weighted by molar-refractivity contribution is -0.102. The van der Waals surface area contributed by atoms with Crippen LogP contribution in [0.15, 0.2) is 34.8 Å². The number of nitrogen functional groups attached to an aromatic ring is 1. The Morgan fingerprint density at radius 1 is 1.47 bits per heavy atom. The van der Waals surface area contributed by atoms with Crippen LogP contribution in [0.25, 0.3) is 0 Å². The quantitative estimate of drug-likeness (QED) is 0.491. The summed E-state index contributed by atoms with van der Waals surface area (Å²) >= 11 is 1.22. The molecule has 0 fully saturated rings. The van der Waals surface area contributed by atoms with Crippen molar-refractivity contribution in [3.05, 3.63) is 40.9 Å². The van der Waals surface area contributed by atoms with E-state index < -0.39 is 0 Å². The first-order chi connectivity index (χ1) is 9.19. The van der Waals surface area contributed by atoms with Crippen LogP contribution < -0.4 is 5.73 Å². The monoisotopic (exact) mass is 277 g/mol. The highest BCUT2D eigenvalue weighted by Crippen LogP contribution is 2.13. The number of aromatic nitrogens is 1. The average molecular weight is 277 g/mol. The Balaban J connectivity index is 2.00. The van der Waals surface area contributed by atoms with E-state index in [0.717, 1.165) is 5.56 Å². The summed E-state index contributed by atoms with van der Waals surface area (Å²) in [4.78, 5) is 19.9. The number of rotatable bonds is 5. The fraction of sp³-hybridized carbons (Fsp3) is 0.0833. The van der Waals surface area contributed by atoms with Crippen molar-refractivity contribution in [1.29, 1.82) is 0 Å². The molecule has 0 bridgehead atoms. The van der Waals surface area contributed by atoms with Crippen molar-refractivity contribution in [2.75, 3.05) is 5.73 Å². The Morgan fingerprint density at radius 3 is 2.79 bits per heavy atom. The normalized spacial score (nSPS) is 11.3. The van der Waals surface area contributed by atoms with Gasteiger partial charge in [-0.1, -0.05) is 17.3 Å². The van der Waals surface area contributed by atoms with Crippen molar-refractivity contribution in [2.45, 2.75) is 6.61 Å². The van der Waals surface area contributed by atoms with Crippen LogP contribution >= 0.6 is 11.3 Å². The van der Waals surface area contributed by atoms with Crippen molar-refractivity contribution in [2.24, 2.45) is 5.16 Å². The first kappa shape index (κ1) is 13.0. The van der Waals surface area contributed by atoms with Gasteiger partial charge in [0, 0.05) is 5.38 Å². The molecule has 19 heavy (non-hydrogen) atoms. The lowest BCUT2D eigenvalue weighted by Gasteiger charge is -2.00. The van der Waals surface area contributed by atoms with Crippen LogP contribution in [-0.4, -0.2) is 22.1 Å². The number of phenols is 1. The molecule has 3 N–H and O–H groups in total. The zero-order valence-electron chi connectivity index (χ0n) is 9.81. The van der Waals surface area contributed by atoms with Gasteiger partial charge in [-0.25, -0.2) is 4.98 Å². The molecule has 0 amide bonds. The molecule has 0 radical (unpaired) electrons. The number of carbonyl (C=O) groups is 1. The topological polar surface area (TPSA) is 97.8 Å². The van der Waals surface area contributed by atoms with Gasteiger partial charge in [0.2, 0.25) is 0 Å². The van der Waals surface area contributed by atoms with E-state index in [9.17, 15) is 4.79 Å². The maximum Gasteiger partial charge on any atom is 0.180 e. The first-order valence-corrected chi connectivity index (χ1v) is 6.21. The smallest absolute Gasteiger partial charge is 0.180 e. The molecular weight excluding hydrogens is 266 g/mol. The maximum absolute atomic E-state index is 10.9. The Kier molecular flexibility index (Phi) is 4.09. The Bertz CT molecular complexity index is 593. The molecule has 1 heterocycles. The van der Waals surface area contributed by atoms with Gasteiger partial charge in [-0.3, -0.25) is 4.79 Å². The predicted octanol–water partition coefficient (Wildman–Crippen LogP) is 1.55. The molecule has 0 aliphatic rings. The standard InChI is InChI=1S/C12H11N3O3S/c13-12-14-11(7-19-12)10(5-16)15-18-6-8-1-3-9(17)4-2-8/h1-5,7,17H,6H2,(H2,13,14)/b15-10+. The minimum Gasteiger partial charge on any atom is -0.508 e. The van der Waals surface area contributed by atoms with E-state index in [4.69, 9.17) is 15.7 Å². The number of oxime groups is 1. The van der Waals surface area contributed by atoms with E-state index in [1.165, 1.54) is 11.3 Å². The molecule has 0 saturated carbocycles. The van der Waals surface area contributed by atoms with Crippen LogP contribution in [-0.2, 0) is 16.2 Å². The van der Waals surface area contributed by atoms with Crippen LogP contribution in [0.5, 0.6) is 5.75 Å². The average Bonchev–Trinajstić information content (AvgIpc) is 2.83. The summed E-state index contributed by atoms with van der Waals surface area (Å²) in [5.41, 5.74) is 6.78. The molecule has 2 rings (SSSR count). The van der Waals surface area contributed by atoms with E-state index in [1.54, 1.807) is 29.6 Å². The van der Waals surface area contributed by atoms with Gasteiger partial charge in [0.05, 0.1) is 0 Å². The second kappa shape index (κ2) is 5.96. The van der Waals surface area contributed by atoms with Crippen LogP contribution in [0.4, 0.5) is 5.13 Å². The van der Waals surface area contributed by atoms with Gasteiger partial charge in [-0.2, -0.15) is 0 Å². The number of hydrogen-bond acceptors (Lipinski definition) is 7. The molecule has 0 atom stereocenters. The summed E-state index contributed by atoms with van der Waals surface area (Å²) < 4.78 is 0. The second-order valence-corrected chi connectivity index (χ2v) is 4.49. The molecule has 0 unspecified atom stereocenters. The fourth-order valence-electron chi connectivity index (χ4n) is 1.30. The van der Waals surface area contributed by atoms with Gasteiger partial charge < -0.3 is 15.7 Å². The van der Waals surface area contributed by atoms with Crippen molar-refractivity contribution in [3.63, 3.8) is 0 Å². The molecule has 0 spiro atoms. The van der Waals surface area contributed by atoms with Gasteiger partial charge >= 0.3 is 0 Å². The molecule has 1 aromatic carbocycles. The SMILES string of the molecule is Nc1nc(/C(C=O)=N/OCc2ccc(O)cc2)cs1. The second-order valence-electron chi connectivity index (χ2n) is 3.61. The van der Waals surface area contributed by atoms with Crippen LogP contribution in [0.1, 0.15) is 11.3 Å². The molecule has 0 aliphatic heterocycles. The number of phenolic OH excluding ortho intramolecular Hbond substituents is 1. The largest absolute Gasteiger partial charge is 0.508 e. The van der Waals surface area contributed by atoms with Crippen molar-refractivity contribution in [3.8, 4) is 5.75 Å². The number of anilines is 1. The number of benzene rings is 1. The van der Waals surface area contributed by atoms with Gasteiger partial charge in [0.15, 0.2) is 17.1 Å². The third-order valence-electron chi connectivity index (χ3n) is 2.23. The molecular formula is C12H11N3O3S. The molecule has 0 saturated heterocycles. The minimum absolute atomic E-state index is 0.0896. The highest BCUT2D eigenvalue weighted by Gasteiger charge is 2.07. The first-order valence-electron chi connectivity index (χ1n) is 5.33. The zero-order chi connectivity index (χ0) is 13.7. The lowest BCUT2D eigenvalue weighted by Crippen LogP contribution is -2.04. The third kappa shape index (κ3) is 3.52. The van der Waals surface area contributed by atoms with Gasteiger partial charge in [-0.05, 0) is 17.7 Å². The maximum atomic E-state index is 10.9. The predicted molar refractivity (Wildman–Crippen MR) is 72.0 cm³/mol. The zero-order valence-corrected chi connectivity index (χ0v) is 10.6. The van der Waals surface area contributed by atoms with E-state index in [0.29, 0.717) is 17.1 Å². The molecule has 0 aliphatic carbocycles. The molecule has 6 nitrogen and oxygen atoms in total. The Hall–Kier alpha value is -2.41. The number of nitrogens with two attached hydrogens (primary N) is 1. The lowest BCUT2D eigenvalue weighted by atomic mass is 10.2. The summed E-state index contributed by atoms with van der Waals surface area (Å²) in [5.74, 6) is 0.179. The molecule has 2 aromatic rings. The molecule has 7 heteroatoms. The number of carbonyl (C=O) groups excluding carboxylic acids is 1. The van der Waals surface area contributed by atoms with Crippen molar-refractivity contribution < 1.29 is 14.7 Å². The van der Waals surface area contributed by atoms with Gasteiger partial charge in [0.1, 0.15) is 18.1 Å². The summed E-state index contributed by atoms with van der Waals surface area (Å²) in [6.07, 6.45) is 0.561. The summed E-state index contributed by atoms with van der Waals surface area (Å²) in [6.45, 7) is 0.192. The highest BCUT2D eigenvalue weighted by molar-refractivity contribution is 7.13. The van der Waals surface area contributed by atoms with E-state index >= 15 is 0 Å². The van der Waals surface area contributed by atoms with Crippen molar-refractivity contribution >= 4 is 28.5 Å². The number of aldehydes is 1.